The molecule has 0 radical (unpaired) electrons. The lowest BCUT2D eigenvalue weighted by molar-refractivity contribution is -0.131. The molecule has 0 amide bonds. The van der Waals surface area contributed by atoms with E-state index in [9.17, 15) is 4.79 Å². The van der Waals surface area contributed by atoms with Gasteiger partial charge in [-0.15, -0.1) is 6.42 Å². The zero-order valence-corrected chi connectivity index (χ0v) is 11.9. The number of methoxy groups -OCH3 is 1. The number of carbonyl (C=O) groups excluding carboxylic acids is 1. The number of hydrogen-bond acceptors (Lipinski definition) is 4. The normalized spacial score (nSPS) is 11.8. The smallest absolute Gasteiger partial charge is 0.294 e. The van der Waals surface area contributed by atoms with Crippen molar-refractivity contribution in [1.29, 1.82) is 0 Å². The lowest BCUT2D eigenvalue weighted by Gasteiger charge is -2.07. The lowest BCUT2D eigenvalue weighted by Crippen LogP contribution is -2.08. The number of terminal acetylenes is 1. The molecular weight excluding hydrogens is 244 g/mol. The Labute approximate surface area is 116 Å². The summed E-state index contributed by atoms with van der Waals surface area (Å²) < 4.78 is 14.7. The van der Waals surface area contributed by atoms with Gasteiger partial charge in [0.15, 0.2) is 6.10 Å². The van der Waals surface area contributed by atoms with Gasteiger partial charge in [0.1, 0.15) is 6.79 Å². The number of ether oxygens (including phenoxy) is 3. The van der Waals surface area contributed by atoms with Gasteiger partial charge in [-0.25, -0.2) is 0 Å². The molecular formula is C15H26O4. The molecule has 0 rings (SSSR count). The summed E-state index contributed by atoms with van der Waals surface area (Å²) in [6, 6.07) is 0. The highest BCUT2D eigenvalue weighted by Crippen LogP contribution is 2.10. The molecule has 0 saturated heterocycles. The average molecular weight is 270 g/mol. The van der Waals surface area contributed by atoms with E-state index in [0.29, 0.717) is 13.3 Å². The van der Waals surface area contributed by atoms with Crippen LogP contribution in [0, 0.1) is 12.3 Å². The Morgan fingerprint density at radius 2 is 1.74 bits per heavy atom. The second-order valence-electron chi connectivity index (χ2n) is 4.47. The van der Waals surface area contributed by atoms with Gasteiger partial charge in [-0.1, -0.05) is 38.0 Å². The van der Waals surface area contributed by atoms with Gasteiger partial charge in [0.2, 0.25) is 0 Å². The van der Waals surface area contributed by atoms with Gasteiger partial charge < -0.3 is 14.2 Å². The number of unbranched alkanes of at least 4 members (excludes halogenated alkanes) is 6. The summed E-state index contributed by atoms with van der Waals surface area (Å²) in [6.07, 6.45) is 13.8. The lowest BCUT2D eigenvalue weighted by atomic mass is 10.1. The van der Waals surface area contributed by atoms with Crippen LogP contribution in [-0.2, 0) is 19.0 Å². The highest BCUT2D eigenvalue weighted by molar-refractivity contribution is 5.38. The molecule has 1 atom stereocenters. The van der Waals surface area contributed by atoms with Gasteiger partial charge in [0.05, 0.1) is 0 Å². The standard InChI is InChI=1S/C15H26O4/c1-3-15(19-13-16)11-9-7-5-4-6-8-10-12-18-14-17-2/h1,13,15H,4-12,14H2,2H3. The van der Waals surface area contributed by atoms with Crippen LogP contribution in [0.5, 0.6) is 0 Å². The van der Waals surface area contributed by atoms with Crippen LogP contribution in [0.1, 0.15) is 51.4 Å². The highest BCUT2D eigenvalue weighted by Gasteiger charge is 2.03. The first kappa shape index (κ1) is 17.9. The van der Waals surface area contributed by atoms with Crippen LogP contribution in [0.2, 0.25) is 0 Å². The van der Waals surface area contributed by atoms with E-state index in [4.69, 9.17) is 20.6 Å². The average Bonchev–Trinajstić information content (AvgIpc) is 2.43. The summed E-state index contributed by atoms with van der Waals surface area (Å²) in [5, 5.41) is 0. The Kier molecular flexibility index (Phi) is 14.2. The Morgan fingerprint density at radius 3 is 2.32 bits per heavy atom. The molecule has 1 unspecified atom stereocenters. The Balaban J connectivity index is 3.14. The minimum absolute atomic E-state index is 0.351. The van der Waals surface area contributed by atoms with Gasteiger partial charge in [-0.2, -0.15) is 0 Å². The summed E-state index contributed by atoms with van der Waals surface area (Å²) in [5.41, 5.74) is 0. The van der Waals surface area contributed by atoms with E-state index in [0.717, 1.165) is 32.3 Å². The van der Waals surface area contributed by atoms with Gasteiger partial charge in [-0.05, 0) is 19.3 Å². The summed E-state index contributed by atoms with van der Waals surface area (Å²) in [5.74, 6) is 2.46. The van der Waals surface area contributed by atoms with E-state index < -0.39 is 0 Å². The van der Waals surface area contributed by atoms with E-state index in [2.05, 4.69) is 5.92 Å². The maximum atomic E-state index is 10.1. The van der Waals surface area contributed by atoms with Gasteiger partial charge >= 0.3 is 0 Å². The summed E-state index contributed by atoms with van der Waals surface area (Å²) in [7, 11) is 1.63. The van der Waals surface area contributed by atoms with Crippen molar-refractivity contribution < 1.29 is 19.0 Å². The molecule has 0 fully saturated rings. The van der Waals surface area contributed by atoms with Crippen LogP contribution in [0.3, 0.4) is 0 Å². The van der Waals surface area contributed by atoms with E-state index in [1.165, 1.54) is 25.7 Å². The van der Waals surface area contributed by atoms with Gasteiger partial charge in [0.25, 0.3) is 6.47 Å². The minimum atomic E-state index is -0.351. The molecule has 0 saturated carbocycles. The number of hydrogen-bond donors (Lipinski definition) is 0. The summed E-state index contributed by atoms with van der Waals surface area (Å²) in [6.45, 7) is 1.59. The summed E-state index contributed by atoms with van der Waals surface area (Å²) >= 11 is 0. The SMILES string of the molecule is C#CC(CCCCCCCCCOCOC)OC=O. The number of carbonyl (C=O) groups is 1. The molecule has 0 aliphatic carbocycles. The van der Waals surface area contributed by atoms with Crippen LogP contribution in [0.15, 0.2) is 0 Å². The van der Waals surface area contributed by atoms with Crippen molar-refractivity contribution in [3.8, 4) is 12.3 Å². The Hall–Kier alpha value is -1.05. The first-order chi connectivity index (χ1) is 9.35. The Bertz CT molecular complexity index is 235. The molecule has 0 aromatic carbocycles. The quantitative estimate of drug-likeness (QED) is 0.211. The summed E-state index contributed by atoms with van der Waals surface area (Å²) in [4.78, 5) is 10.1. The second kappa shape index (κ2) is 15.0. The van der Waals surface area contributed by atoms with Gasteiger partial charge in [0, 0.05) is 13.7 Å². The molecule has 0 heterocycles. The molecule has 19 heavy (non-hydrogen) atoms. The molecule has 4 nitrogen and oxygen atoms in total. The third kappa shape index (κ3) is 13.2. The molecule has 0 aromatic heterocycles. The molecule has 0 bridgehead atoms. The maximum Gasteiger partial charge on any atom is 0.294 e. The van der Waals surface area contributed by atoms with Crippen LogP contribution >= 0.6 is 0 Å². The van der Waals surface area contributed by atoms with Crippen molar-refractivity contribution in [2.75, 3.05) is 20.5 Å². The fraction of sp³-hybridized carbons (Fsp3) is 0.800. The highest BCUT2D eigenvalue weighted by atomic mass is 16.7. The molecule has 0 spiro atoms. The molecule has 0 aromatic rings. The largest absolute Gasteiger partial charge is 0.451 e. The third-order valence-corrected chi connectivity index (χ3v) is 2.86. The van der Waals surface area contributed by atoms with Crippen molar-refractivity contribution in [3.05, 3.63) is 0 Å². The molecule has 4 heteroatoms. The first-order valence-electron chi connectivity index (χ1n) is 6.97. The molecule has 0 N–H and O–H groups in total. The van der Waals surface area contributed by atoms with Crippen LogP contribution in [0.25, 0.3) is 0 Å². The van der Waals surface area contributed by atoms with Gasteiger partial charge in [-0.3, -0.25) is 4.79 Å². The van der Waals surface area contributed by atoms with Crippen LogP contribution < -0.4 is 0 Å². The van der Waals surface area contributed by atoms with Crippen LogP contribution in [-0.4, -0.2) is 33.1 Å². The molecule has 110 valence electrons. The zero-order chi connectivity index (χ0) is 14.2. The van der Waals surface area contributed by atoms with Crippen molar-refractivity contribution in [2.45, 2.75) is 57.5 Å². The minimum Gasteiger partial charge on any atom is -0.451 e. The van der Waals surface area contributed by atoms with Crippen LogP contribution in [0.4, 0.5) is 0 Å². The monoisotopic (exact) mass is 270 g/mol. The maximum absolute atomic E-state index is 10.1. The van der Waals surface area contributed by atoms with Crippen molar-refractivity contribution in [1.82, 2.24) is 0 Å². The van der Waals surface area contributed by atoms with E-state index >= 15 is 0 Å². The Morgan fingerprint density at radius 1 is 1.11 bits per heavy atom. The van der Waals surface area contributed by atoms with Crippen molar-refractivity contribution in [3.63, 3.8) is 0 Å². The van der Waals surface area contributed by atoms with Crippen molar-refractivity contribution >= 4 is 6.47 Å². The van der Waals surface area contributed by atoms with Crippen molar-refractivity contribution in [2.24, 2.45) is 0 Å². The fourth-order valence-electron chi connectivity index (χ4n) is 1.82. The van der Waals surface area contributed by atoms with E-state index in [1.807, 2.05) is 0 Å². The predicted octanol–water partition coefficient (Wildman–Crippen LogP) is 2.90. The fourth-order valence-corrected chi connectivity index (χ4v) is 1.82. The molecule has 0 aliphatic heterocycles. The third-order valence-electron chi connectivity index (χ3n) is 2.86. The second-order valence-corrected chi connectivity index (χ2v) is 4.47. The predicted molar refractivity (Wildman–Crippen MR) is 74.5 cm³/mol. The number of rotatable bonds is 14. The topological polar surface area (TPSA) is 44.8 Å². The molecule has 0 aliphatic rings. The first-order valence-corrected chi connectivity index (χ1v) is 6.97. The zero-order valence-electron chi connectivity index (χ0n) is 11.9. The van der Waals surface area contributed by atoms with E-state index in [-0.39, 0.29) is 6.10 Å². The van der Waals surface area contributed by atoms with E-state index in [1.54, 1.807) is 7.11 Å².